The predicted octanol–water partition coefficient (Wildman–Crippen LogP) is 2.96. The van der Waals surface area contributed by atoms with E-state index in [0.717, 1.165) is 11.3 Å². The first-order chi connectivity index (χ1) is 11.6. The van der Waals surface area contributed by atoms with Crippen molar-refractivity contribution in [2.75, 3.05) is 25.2 Å². The van der Waals surface area contributed by atoms with E-state index in [2.05, 4.69) is 0 Å². The lowest BCUT2D eigenvalue weighted by molar-refractivity contribution is -0.187. The van der Waals surface area contributed by atoms with Crippen molar-refractivity contribution in [3.05, 3.63) is 59.1 Å². The van der Waals surface area contributed by atoms with Gasteiger partial charge in [-0.2, -0.15) is 0 Å². The van der Waals surface area contributed by atoms with Gasteiger partial charge in [0.1, 0.15) is 18.5 Å². The summed E-state index contributed by atoms with van der Waals surface area (Å²) in [5.41, 5.74) is 1.55. The number of hydrogen-bond acceptors (Lipinski definition) is 4. The lowest BCUT2D eigenvalue weighted by Gasteiger charge is -2.21. The van der Waals surface area contributed by atoms with Gasteiger partial charge in [-0.05, 0) is 30.3 Å². The number of rotatable bonds is 3. The molecule has 2 aromatic carbocycles. The molecule has 2 heterocycles. The monoisotopic (exact) mass is 345 g/mol. The maximum atomic E-state index is 12.7. The summed E-state index contributed by atoms with van der Waals surface area (Å²) in [4.78, 5) is 14.2. The Morgan fingerprint density at radius 3 is 2.79 bits per heavy atom. The van der Waals surface area contributed by atoms with Crippen LogP contribution < -0.4 is 9.64 Å². The molecule has 5 nitrogen and oxygen atoms in total. The number of amides is 1. The summed E-state index contributed by atoms with van der Waals surface area (Å²) >= 11 is 5.86. The SMILES string of the molecule is CN1C(=O)[C@]2(OC[C@H](COc3ccc(Cl)cc3)O2)c2ccccc21. The van der Waals surface area contributed by atoms with Crippen LogP contribution in [0.3, 0.4) is 0 Å². The van der Waals surface area contributed by atoms with Gasteiger partial charge in [0, 0.05) is 17.6 Å². The van der Waals surface area contributed by atoms with Crippen LogP contribution in [0.2, 0.25) is 5.02 Å². The molecule has 1 fully saturated rings. The van der Waals surface area contributed by atoms with E-state index in [4.69, 9.17) is 25.8 Å². The first kappa shape index (κ1) is 15.4. The number of para-hydroxylation sites is 1. The Morgan fingerprint density at radius 1 is 1.25 bits per heavy atom. The molecule has 1 amide bonds. The van der Waals surface area contributed by atoms with Crippen molar-refractivity contribution in [3.8, 4) is 5.75 Å². The summed E-state index contributed by atoms with van der Waals surface area (Å²) in [7, 11) is 1.72. The van der Waals surface area contributed by atoms with Crippen molar-refractivity contribution in [2.24, 2.45) is 0 Å². The quantitative estimate of drug-likeness (QED) is 0.858. The highest BCUT2D eigenvalue weighted by Crippen LogP contribution is 2.46. The molecule has 0 saturated carbocycles. The Kier molecular flexibility index (Phi) is 3.72. The van der Waals surface area contributed by atoms with Crippen LogP contribution in [0.25, 0.3) is 0 Å². The van der Waals surface area contributed by atoms with Gasteiger partial charge in [-0.15, -0.1) is 0 Å². The van der Waals surface area contributed by atoms with Crippen molar-refractivity contribution in [1.29, 1.82) is 0 Å². The second-order valence-corrected chi connectivity index (χ2v) is 6.25. The molecule has 0 aliphatic carbocycles. The van der Waals surface area contributed by atoms with E-state index in [1.165, 1.54) is 0 Å². The molecule has 2 aliphatic heterocycles. The van der Waals surface area contributed by atoms with Gasteiger partial charge in [0.15, 0.2) is 0 Å². The van der Waals surface area contributed by atoms with E-state index < -0.39 is 5.79 Å². The van der Waals surface area contributed by atoms with Gasteiger partial charge in [0.2, 0.25) is 0 Å². The Hall–Kier alpha value is -2.08. The summed E-state index contributed by atoms with van der Waals surface area (Å²) in [5, 5.41) is 0.651. The highest BCUT2D eigenvalue weighted by atomic mass is 35.5. The third kappa shape index (κ3) is 2.36. The van der Waals surface area contributed by atoms with Crippen LogP contribution in [0.1, 0.15) is 5.56 Å². The highest BCUT2D eigenvalue weighted by molar-refractivity contribution is 6.30. The lowest BCUT2D eigenvalue weighted by Crippen LogP contribution is -2.40. The zero-order chi connectivity index (χ0) is 16.7. The molecule has 0 aromatic heterocycles. The number of halogens is 1. The summed E-state index contributed by atoms with van der Waals surface area (Å²) < 4.78 is 17.5. The topological polar surface area (TPSA) is 48.0 Å². The Morgan fingerprint density at radius 2 is 2.00 bits per heavy atom. The summed E-state index contributed by atoms with van der Waals surface area (Å²) in [6.45, 7) is 0.587. The number of fused-ring (bicyclic) bond motifs is 2. The molecule has 0 unspecified atom stereocenters. The molecule has 6 heteroatoms. The van der Waals surface area contributed by atoms with Gasteiger partial charge in [-0.25, -0.2) is 0 Å². The maximum absolute atomic E-state index is 12.7. The van der Waals surface area contributed by atoms with Crippen molar-refractivity contribution < 1.29 is 19.0 Å². The zero-order valence-electron chi connectivity index (χ0n) is 13.1. The van der Waals surface area contributed by atoms with E-state index in [0.29, 0.717) is 24.0 Å². The molecular weight excluding hydrogens is 330 g/mol. The maximum Gasteiger partial charge on any atom is 0.292 e. The Labute approximate surface area is 144 Å². The van der Waals surface area contributed by atoms with Crippen LogP contribution in [0.15, 0.2) is 48.5 Å². The van der Waals surface area contributed by atoms with Gasteiger partial charge < -0.3 is 19.1 Å². The van der Waals surface area contributed by atoms with E-state index in [1.807, 2.05) is 24.3 Å². The number of benzene rings is 2. The summed E-state index contributed by atoms with van der Waals surface area (Å²) in [6.07, 6.45) is -0.329. The van der Waals surface area contributed by atoms with Crippen molar-refractivity contribution >= 4 is 23.2 Å². The number of hydrogen-bond donors (Lipinski definition) is 0. The van der Waals surface area contributed by atoms with Crippen LogP contribution in [0.5, 0.6) is 5.75 Å². The Bertz CT molecular complexity index is 779. The first-order valence-electron chi connectivity index (χ1n) is 7.68. The molecule has 1 spiro atoms. The third-order valence-corrected chi connectivity index (χ3v) is 4.51. The zero-order valence-corrected chi connectivity index (χ0v) is 13.8. The smallest absolute Gasteiger partial charge is 0.292 e. The highest BCUT2D eigenvalue weighted by Gasteiger charge is 2.57. The predicted molar refractivity (Wildman–Crippen MR) is 89.3 cm³/mol. The van der Waals surface area contributed by atoms with Crippen LogP contribution in [-0.2, 0) is 20.1 Å². The molecule has 124 valence electrons. The number of anilines is 1. The standard InChI is InChI=1S/C18H16ClNO4/c1-20-16-5-3-2-4-15(16)18(17(20)21)23-11-14(24-18)10-22-13-8-6-12(19)7-9-13/h2-9,14H,10-11H2,1H3/t14-,18-/m0/s1. The summed E-state index contributed by atoms with van der Waals surface area (Å²) in [6, 6.07) is 14.6. The molecule has 2 aliphatic rings. The van der Waals surface area contributed by atoms with E-state index >= 15 is 0 Å². The van der Waals surface area contributed by atoms with Gasteiger partial charge in [0.05, 0.1) is 12.3 Å². The second kappa shape index (κ2) is 5.77. The number of carbonyl (C=O) groups is 1. The van der Waals surface area contributed by atoms with Gasteiger partial charge in [-0.1, -0.05) is 29.8 Å². The molecule has 4 rings (SSSR count). The average molecular weight is 346 g/mol. The molecule has 2 aromatic rings. The normalized spacial score (nSPS) is 25.3. The van der Waals surface area contributed by atoms with E-state index in [-0.39, 0.29) is 12.0 Å². The van der Waals surface area contributed by atoms with Crippen LogP contribution in [0, 0.1) is 0 Å². The average Bonchev–Trinajstić information content (AvgIpc) is 3.12. The minimum Gasteiger partial charge on any atom is -0.491 e. The summed E-state index contributed by atoms with van der Waals surface area (Å²) in [5.74, 6) is -0.865. The first-order valence-corrected chi connectivity index (χ1v) is 8.06. The molecule has 0 radical (unpaired) electrons. The largest absolute Gasteiger partial charge is 0.491 e. The molecule has 24 heavy (non-hydrogen) atoms. The Balaban J connectivity index is 1.50. The molecule has 0 N–H and O–H groups in total. The number of nitrogens with zero attached hydrogens (tertiary/aromatic N) is 1. The van der Waals surface area contributed by atoms with E-state index in [9.17, 15) is 4.79 Å². The van der Waals surface area contributed by atoms with Gasteiger partial charge in [0.25, 0.3) is 11.7 Å². The van der Waals surface area contributed by atoms with Crippen LogP contribution in [0.4, 0.5) is 5.69 Å². The fraction of sp³-hybridized carbons (Fsp3) is 0.278. The minimum absolute atomic E-state index is 0.210. The van der Waals surface area contributed by atoms with Crippen LogP contribution >= 0.6 is 11.6 Å². The third-order valence-electron chi connectivity index (χ3n) is 4.26. The minimum atomic E-state index is -1.35. The lowest BCUT2D eigenvalue weighted by atomic mass is 10.1. The van der Waals surface area contributed by atoms with E-state index in [1.54, 1.807) is 36.2 Å². The van der Waals surface area contributed by atoms with Gasteiger partial charge >= 0.3 is 0 Å². The number of ether oxygens (including phenoxy) is 3. The number of carbonyl (C=O) groups excluding carboxylic acids is 1. The molecule has 0 bridgehead atoms. The van der Waals surface area contributed by atoms with Gasteiger partial charge in [-0.3, -0.25) is 4.79 Å². The molecule has 1 saturated heterocycles. The van der Waals surface area contributed by atoms with Crippen molar-refractivity contribution in [3.63, 3.8) is 0 Å². The van der Waals surface area contributed by atoms with Crippen molar-refractivity contribution in [2.45, 2.75) is 11.9 Å². The van der Waals surface area contributed by atoms with Crippen molar-refractivity contribution in [1.82, 2.24) is 0 Å². The number of likely N-dealkylation sites (N-methyl/N-ethyl adjacent to an activating group) is 1. The fourth-order valence-corrected chi connectivity index (χ4v) is 3.18. The van der Waals surface area contributed by atoms with Crippen LogP contribution in [-0.4, -0.2) is 32.3 Å². The fourth-order valence-electron chi connectivity index (χ4n) is 3.06. The second-order valence-electron chi connectivity index (χ2n) is 5.81. The molecular formula is C18H16ClNO4. The molecule has 2 atom stereocenters.